The Bertz CT molecular complexity index is 611. The minimum absolute atomic E-state index is 0.230. The molecule has 1 aliphatic rings. The van der Waals surface area contributed by atoms with Crippen LogP contribution in [0.5, 0.6) is 0 Å². The third kappa shape index (κ3) is 2.62. The SMILES string of the molecule is O=c1[nH]cc(S(=O)(=O)N[C@H]2CCNC2)c(=O)[nH]1. The maximum absolute atomic E-state index is 11.8. The van der Waals surface area contributed by atoms with Crippen LogP contribution in [-0.4, -0.2) is 37.5 Å². The van der Waals surface area contributed by atoms with Crippen LogP contribution in [0.25, 0.3) is 0 Å². The molecule has 94 valence electrons. The van der Waals surface area contributed by atoms with Gasteiger partial charge in [-0.2, -0.15) is 0 Å². The fraction of sp³-hybridized carbons (Fsp3) is 0.500. The Morgan fingerprint density at radius 2 is 2.12 bits per heavy atom. The van der Waals surface area contributed by atoms with Crippen molar-refractivity contribution in [2.24, 2.45) is 0 Å². The average molecular weight is 260 g/mol. The molecule has 1 aromatic rings. The Kier molecular flexibility index (Phi) is 3.13. The molecule has 0 unspecified atom stereocenters. The largest absolute Gasteiger partial charge is 0.325 e. The second-order valence-corrected chi connectivity index (χ2v) is 5.43. The van der Waals surface area contributed by atoms with E-state index in [4.69, 9.17) is 0 Å². The minimum atomic E-state index is -3.90. The van der Waals surface area contributed by atoms with E-state index in [1.54, 1.807) is 0 Å². The van der Waals surface area contributed by atoms with E-state index < -0.39 is 26.2 Å². The molecule has 0 bridgehead atoms. The molecule has 0 radical (unpaired) electrons. The highest BCUT2D eigenvalue weighted by Crippen LogP contribution is 2.04. The van der Waals surface area contributed by atoms with E-state index in [9.17, 15) is 18.0 Å². The molecular formula is C8H12N4O4S. The number of nitrogens with one attached hydrogen (secondary N) is 4. The smallest absolute Gasteiger partial charge is 0.315 e. The molecule has 1 aromatic heterocycles. The van der Waals surface area contributed by atoms with Gasteiger partial charge in [-0.3, -0.25) is 9.78 Å². The van der Waals surface area contributed by atoms with Crippen molar-refractivity contribution in [3.8, 4) is 0 Å². The van der Waals surface area contributed by atoms with Crippen molar-refractivity contribution >= 4 is 10.0 Å². The Morgan fingerprint density at radius 1 is 1.35 bits per heavy atom. The van der Waals surface area contributed by atoms with Gasteiger partial charge in [0.25, 0.3) is 5.56 Å². The predicted octanol–water partition coefficient (Wildman–Crippen LogP) is -2.30. The van der Waals surface area contributed by atoms with Crippen molar-refractivity contribution in [1.82, 2.24) is 20.0 Å². The summed E-state index contributed by atoms with van der Waals surface area (Å²) in [5.41, 5.74) is -1.66. The van der Waals surface area contributed by atoms with Gasteiger partial charge in [-0.25, -0.2) is 17.9 Å². The third-order valence-electron chi connectivity index (χ3n) is 2.46. The molecule has 0 aliphatic carbocycles. The molecular weight excluding hydrogens is 248 g/mol. The molecule has 17 heavy (non-hydrogen) atoms. The molecule has 4 N–H and O–H groups in total. The Morgan fingerprint density at radius 3 is 2.71 bits per heavy atom. The fourth-order valence-electron chi connectivity index (χ4n) is 1.64. The minimum Gasteiger partial charge on any atom is -0.315 e. The van der Waals surface area contributed by atoms with E-state index in [0.717, 1.165) is 12.7 Å². The maximum atomic E-state index is 11.8. The summed E-state index contributed by atoms with van der Waals surface area (Å²) in [6.07, 6.45) is 1.56. The van der Waals surface area contributed by atoms with Gasteiger partial charge in [-0.15, -0.1) is 0 Å². The third-order valence-corrected chi connectivity index (χ3v) is 3.98. The van der Waals surface area contributed by atoms with Crippen molar-refractivity contribution in [3.05, 3.63) is 27.0 Å². The molecule has 1 atom stereocenters. The summed E-state index contributed by atoms with van der Waals surface area (Å²) in [4.78, 5) is 25.6. The second-order valence-electron chi connectivity index (χ2n) is 3.75. The lowest BCUT2D eigenvalue weighted by Gasteiger charge is -2.10. The summed E-state index contributed by atoms with van der Waals surface area (Å²) in [6, 6.07) is -0.230. The molecule has 1 saturated heterocycles. The zero-order chi connectivity index (χ0) is 12.5. The van der Waals surface area contributed by atoms with Gasteiger partial charge in [0.1, 0.15) is 0 Å². The molecule has 9 heteroatoms. The Balaban J connectivity index is 2.31. The first-order valence-corrected chi connectivity index (χ1v) is 6.52. The molecule has 1 fully saturated rings. The standard InChI is InChI=1S/C8H12N4O4S/c13-7-6(4-10-8(14)11-7)17(15,16)12-5-1-2-9-3-5/h4-5,9,12H,1-3H2,(H2,10,11,13,14)/t5-/m0/s1. The van der Waals surface area contributed by atoms with Crippen LogP contribution in [0.2, 0.25) is 0 Å². The normalized spacial score (nSPS) is 20.6. The number of H-pyrrole nitrogens is 2. The van der Waals surface area contributed by atoms with Gasteiger partial charge in [0.05, 0.1) is 0 Å². The zero-order valence-corrected chi connectivity index (χ0v) is 9.63. The molecule has 2 rings (SSSR count). The van der Waals surface area contributed by atoms with Crippen molar-refractivity contribution in [3.63, 3.8) is 0 Å². The highest BCUT2D eigenvalue weighted by Gasteiger charge is 2.24. The van der Waals surface area contributed by atoms with Crippen LogP contribution in [0.4, 0.5) is 0 Å². The molecule has 2 heterocycles. The van der Waals surface area contributed by atoms with E-state index >= 15 is 0 Å². The van der Waals surface area contributed by atoms with E-state index in [-0.39, 0.29) is 6.04 Å². The number of hydrogen-bond acceptors (Lipinski definition) is 5. The maximum Gasteiger partial charge on any atom is 0.325 e. The Hall–Kier alpha value is -1.45. The lowest BCUT2D eigenvalue weighted by atomic mass is 10.3. The quantitative estimate of drug-likeness (QED) is 0.486. The zero-order valence-electron chi connectivity index (χ0n) is 8.82. The molecule has 0 aromatic carbocycles. The molecule has 0 spiro atoms. The van der Waals surface area contributed by atoms with Crippen molar-refractivity contribution in [2.45, 2.75) is 17.4 Å². The van der Waals surface area contributed by atoms with Gasteiger partial charge in [0, 0.05) is 18.8 Å². The fourth-order valence-corrected chi connectivity index (χ4v) is 2.91. The number of rotatable bonds is 3. The van der Waals surface area contributed by atoms with Crippen LogP contribution in [0, 0.1) is 0 Å². The number of sulfonamides is 1. The Labute approximate surface area is 96.5 Å². The van der Waals surface area contributed by atoms with Gasteiger partial charge in [-0.1, -0.05) is 0 Å². The van der Waals surface area contributed by atoms with Crippen LogP contribution in [0.3, 0.4) is 0 Å². The van der Waals surface area contributed by atoms with Gasteiger partial charge < -0.3 is 10.3 Å². The first-order chi connectivity index (χ1) is 7.99. The van der Waals surface area contributed by atoms with Crippen LogP contribution in [0.15, 0.2) is 20.7 Å². The predicted molar refractivity (Wildman–Crippen MR) is 59.3 cm³/mol. The number of aromatic amines is 2. The van der Waals surface area contributed by atoms with E-state index in [1.807, 2.05) is 4.98 Å². The van der Waals surface area contributed by atoms with Gasteiger partial charge in [0.15, 0.2) is 4.90 Å². The first kappa shape index (κ1) is 12.0. The van der Waals surface area contributed by atoms with Crippen molar-refractivity contribution in [2.75, 3.05) is 13.1 Å². The lowest BCUT2D eigenvalue weighted by molar-refractivity contribution is 0.558. The van der Waals surface area contributed by atoms with Crippen LogP contribution in [-0.2, 0) is 10.0 Å². The summed E-state index contributed by atoms with van der Waals surface area (Å²) in [6.45, 7) is 1.26. The van der Waals surface area contributed by atoms with E-state index in [2.05, 4.69) is 15.0 Å². The lowest BCUT2D eigenvalue weighted by Crippen LogP contribution is -2.39. The molecule has 0 amide bonds. The highest BCUT2D eigenvalue weighted by atomic mass is 32.2. The van der Waals surface area contributed by atoms with Crippen LogP contribution < -0.4 is 21.3 Å². The van der Waals surface area contributed by atoms with Crippen LogP contribution >= 0.6 is 0 Å². The number of aromatic nitrogens is 2. The first-order valence-electron chi connectivity index (χ1n) is 5.04. The summed E-state index contributed by atoms with van der Waals surface area (Å²) in [5.74, 6) is 0. The molecule has 8 nitrogen and oxygen atoms in total. The summed E-state index contributed by atoms with van der Waals surface area (Å²) < 4.78 is 26.1. The van der Waals surface area contributed by atoms with Crippen molar-refractivity contribution in [1.29, 1.82) is 0 Å². The number of hydrogen-bond donors (Lipinski definition) is 4. The molecule has 1 aliphatic heterocycles. The summed E-state index contributed by atoms with van der Waals surface area (Å²) in [7, 11) is -3.90. The second kappa shape index (κ2) is 4.43. The van der Waals surface area contributed by atoms with Gasteiger partial charge in [-0.05, 0) is 13.0 Å². The van der Waals surface area contributed by atoms with Gasteiger partial charge >= 0.3 is 5.69 Å². The van der Waals surface area contributed by atoms with E-state index in [1.165, 1.54) is 0 Å². The summed E-state index contributed by atoms with van der Waals surface area (Å²) in [5, 5.41) is 3.00. The highest BCUT2D eigenvalue weighted by molar-refractivity contribution is 7.89. The summed E-state index contributed by atoms with van der Waals surface area (Å²) >= 11 is 0. The van der Waals surface area contributed by atoms with Crippen molar-refractivity contribution < 1.29 is 8.42 Å². The monoisotopic (exact) mass is 260 g/mol. The average Bonchev–Trinajstić information content (AvgIpc) is 2.68. The molecule has 0 saturated carbocycles. The van der Waals surface area contributed by atoms with E-state index in [0.29, 0.717) is 13.0 Å². The van der Waals surface area contributed by atoms with Crippen LogP contribution in [0.1, 0.15) is 6.42 Å². The van der Waals surface area contributed by atoms with Gasteiger partial charge in [0.2, 0.25) is 10.0 Å². The topological polar surface area (TPSA) is 124 Å².